The number of ether oxygens (including phenoxy) is 1. The van der Waals surface area contributed by atoms with Crippen molar-refractivity contribution in [2.24, 2.45) is 5.92 Å². The van der Waals surface area contributed by atoms with E-state index in [-0.39, 0.29) is 40.4 Å². The maximum absolute atomic E-state index is 12.8. The first kappa shape index (κ1) is 20.4. The minimum absolute atomic E-state index is 0.0244. The molecule has 0 saturated heterocycles. The van der Waals surface area contributed by atoms with Gasteiger partial charge in [-0.2, -0.15) is 0 Å². The number of carbonyl (C=O) groups is 1. The highest BCUT2D eigenvalue weighted by Gasteiger charge is 2.24. The van der Waals surface area contributed by atoms with Crippen molar-refractivity contribution in [1.29, 1.82) is 0 Å². The molecule has 2 aromatic carbocycles. The van der Waals surface area contributed by atoms with Gasteiger partial charge in [0.1, 0.15) is 29.4 Å². The molecular weight excluding hydrogens is 374 g/mol. The number of aliphatic carboxylic acids is 1. The van der Waals surface area contributed by atoms with Gasteiger partial charge in [0.15, 0.2) is 0 Å². The van der Waals surface area contributed by atoms with E-state index in [1.54, 1.807) is 24.3 Å². The third kappa shape index (κ3) is 4.41. The Labute approximate surface area is 167 Å². The molecule has 7 heteroatoms. The van der Waals surface area contributed by atoms with Crippen LogP contribution in [0.25, 0.3) is 11.0 Å². The van der Waals surface area contributed by atoms with Crippen LogP contribution in [-0.4, -0.2) is 22.2 Å². The minimum atomic E-state index is -0.973. The topological polar surface area (TPSA) is 109 Å². The van der Waals surface area contributed by atoms with Gasteiger partial charge in [-0.3, -0.25) is 14.9 Å². The zero-order chi connectivity index (χ0) is 21.0. The molecule has 1 heterocycles. The summed E-state index contributed by atoms with van der Waals surface area (Å²) < 4.78 is 11.2. The number of fused-ring (bicyclic) bond motifs is 1. The van der Waals surface area contributed by atoms with Crippen molar-refractivity contribution in [3.63, 3.8) is 0 Å². The second kappa shape index (κ2) is 8.79. The van der Waals surface area contributed by atoms with E-state index in [1.165, 1.54) is 18.4 Å². The fourth-order valence-corrected chi connectivity index (χ4v) is 3.07. The molecule has 152 valence electrons. The lowest BCUT2D eigenvalue weighted by atomic mass is 9.99. The van der Waals surface area contributed by atoms with Crippen LogP contribution < -0.4 is 15.5 Å². The molecule has 1 aromatic heterocycles. The number of rotatable bonds is 8. The maximum atomic E-state index is 12.8. The van der Waals surface area contributed by atoms with Gasteiger partial charge in [0, 0.05) is 6.54 Å². The first-order valence-electron chi connectivity index (χ1n) is 9.37. The molecule has 0 aliphatic rings. The van der Waals surface area contributed by atoms with E-state index in [9.17, 15) is 19.8 Å². The molecule has 2 atom stereocenters. The molecule has 0 spiro atoms. The Morgan fingerprint density at radius 2 is 1.93 bits per heavy atom. The predicted molar refractivity (Wildman–Crippen MR) is 108 cm³/mol. The smallest absolute Gasteiger partial charge is 0.320 e. The van der Waals surface area contributed by atoms with E-state index in [2.05, 4.69) is 5.32 Å². The van der Waals surface area contributed by atoms with E-state index in [4.69, 9.17) is 9.15 Å². The second-order valence-corrected chi connectivity index (χ2v) is 6.87. The standard InChI is InChI=1S/C22H23NO6/c1-3-13(2)19(22(26)27)23-11-16-17(24)10-9-15-20(25)18(12-28-21(15)16)29-14-7-5-4-6-8-14/h4-10,12-13,19,23-24H,3,11H2,1-2H3,(H,26,27)/t13?,19-/m1/s1. The molecule has 0 aliphatic carbocycles. The van der Waals surface area contributed by atoms with Crippen LogP contribution in [0, 0.1) is 5.92 Å². The summed E-state index contributed by atoms with van der Waals surface area (Å²) in [5.74, 6) is -0.645. The van der Waals surface area contributed by atoms with Gasteiger partial charge in [0.2, 0.25) is 11.2 Å². The molecule has 0 amide bonds. The lowest BCUT2D eigenvalue weighted by molar-refractivity contribution is -0.140. The van der Waals surface area contributed by atoms with Crippen molar-refractivity contribution in [2.45, 2.75) is 32.9 Å². The average molecular weight is 397 g/mol. The van der Waals surface area contributed by atoms with E-state index < -0.39 is 12.0 Å². The zero-order valence-electron chi connectivity index (χ0n) is 16.2. The summed E-state index contributed by atoms with van der Waals surface area (Å²) in [5.41, 5.74) is 0.129. The Kier molecular flexibility index (Phi) is 6.19. The van der Waals surface area contributed by atoms with E-state index in [0.29, 0.717) is 17.7 Å². The Bertz CT molecular complexity index is 1060. The summed E-state index contributed by atoms with van der Waals surface area (Å²) in [6, 6.07) is 10.9. The molecule has 0 aliphatic heterocycles. The monoisotopic (exact) mass is 397 g/mol. The van der Waals surface area contributed by atoms with Crippen LogP contribution in [0.1, 0.15) is 25.8 Å². The second-order valence-electron chi connectivity index (χ2n) is 6.87. The molecule has 3 N–H and O–H groups in total. The van der Waals surface area contributed by atoms with Gasteiger partial charge in [-0.05, 0) is 30.2 Å². The average Bonchev–Trinajstić information content (AvgIpc) is 2.71. The van der Waals surface area contributed by atoms with Crippen molar-refractivity contribution in [2.75, 3.05) is 0 Å². The number of para-hydroxylation sites is 1. The van der Waals surface area contributed by atoms with Crippen LogP contribution in [0.2, 0.25) is 0 Å². The summed E-state index contributed by atoms with van der Waals surface area (Å²) in [5, 5.41) is 22.9. The van der Waals surface area contributed by atoms with Gasteiger partial charge < -0.3 is 19.4 Å². The van der Waals surface area contributed by atoms with Gasteiger partial charge in [0.25, 0.3) is 0 Å². The van der Waals surface area contributed by atoms with Crippen molar-refractivity contribution >= 4 is 16.9 Å². The third-order valence-corrected chi connectivity index (χ3v) is 4.94. The van der Waals surface area contributed by atoms with Crippen LogP contribution >= 0.6 is 0 Å². The molecule has 3 aromatic rings. The zero-order valence-corrected chi connectivity index (χ0v) is 16.2. The van der Waals surface area contributed by atoms with Gasteiger partial charge in [0.05, 0.1) is 10.9 Å². The lowest BCUT2D eigenvalue weighted by Gasteiger charge is -2.20. The molecule has 0 saturated carbocycles. The minimum Gasteiger partial charge on any atom is -0.507 e. The number of nitrogens with one attached hydrogen (secondary N) is 1. The largest absolute Gasteiger partial charge is 0.507 e. The quantitative estimate of drug-likeness (QED) is 0.529. The number of hydrogen-bond donors (Lipinski definition) is 3. The Morgan fingerprint density at radius 3 is 2.59 bits per heavy atom. The Morgan fingerprint density at radius 1 is 1.21 bits per heavy atom. The number of phenolic OH excluding ortho intramolecular Hbond substituents is 1. The first-order chi connectivity index (χ1) is 13.9. The Hall–Kier alpha value is -3.32. The van der Waals surface area contributed by atoms with Crippen molar-refractivity contribution in [1.82, 2.24) is 5.32 Å². The van der Waals surface area contributed by atoms with Crippen molar-refractivity contribution in [3.05, 3.63) is 64.5 Å². The van der Waals surface area contributed by atoms with Crippen LogP contribution in [-0.2, 0) is 11.3 Å². The van der Waals surface area contributed by atoms with Crippen LogP contribution in [0.3, 0.4) is 0 Å². The Balaban J connectivity index is 1.94. The highest BCUT2D eigenvalue weighted by molar-refractivity contribution is 5.83. The molecule has 0 radical (unpaired) electrons. The fourth-order valence-electron chi connectivity index (χ4n) is 3.07. The number of aromatic hydroxyl groups is 1. The maximum Gasteiger partial charge on any atom is 0.320 e. The highest BCUT2D eigenvalue weighted by Crippen LogP contribution is 2.28. The molecule has 0 fully saturated rings. The van der Waals surface area contributed by atoms with Gasteiger partial charge >= 0.3 is 5.97 Å². The number of benzene rings is 2. The van der Waals surface area contributed by atoms with E-state index in [0.717, 1.165) is 0 Å². The van der Waals surface area contributed by atoms with Crippen LogP contribution in [0.4, 0.5) is 0 Å². The van der Waals surface area contributed by atoms with Crippen LogP contribution in [0.15, 0.2) is 57.9 Å². The molecule has 1 unspecified atom stereocenters. The van der Waals surface area contributed by atoms with E-state index in [1.807, 2.05) is 19.9 Å². The number of carboxylic acids is 1. The van der Waals surface area contributed by atoms with E-state index >= 15 is 0 Å². The molecule has 29 heavy (non-hydrogen) atoms. The van der Waals surface area contributed by atoms with Gasteiger partial charge in [-0.15, -0.1) is 0 Å². The third-order valence-electron chi connectivity index (χ3n) is 4.94. The first-order valence-corrected chi connectivity index (χ1v) is 9.37. The molecule has 0 bridgehead atoms. The predicted octanol–water partition coefficient (Wildman–Crippen LogP) is 3.88. The molecule has 3 rings (SSSR count). The molecule has 7 nitrogen and oxygen atoms in total. The molecular formula is C22H23NO6. The SMILES string of the molecule is CCC(C)[C@@H](NCc1c(O)ccc2c(=O)c(Oc3ccccc3)coc12)C(=O)O. The highest BCUT2D eigenvalue weighted by atomic mass is 16.5. The van der Waals surface area contributed by atoms with Gasteiger partial charge in [-0.25, -0.2) is 0 Å². The van der Waals surface area contributed by atoms with Crippen molar-refractivity contribution in [3.8, 4) is 17.2 Å². The van der Waals surface area contributed by atoms with Gasteiger partial charge in [-0.1, -0.05) is 38.5 Å². The number of hydrogen-bond acceptors (Lipinski definition) is 6. The van der Waals surface area contributed by atoms with Crippen LogP contribution in [0.5, 0.6) is 17.2 Å². The summed E-state index contributed by atoms with van der Waals surface area (Å²) in [4.78, 5) is 24.3. The fraction of sp³-hybridized carbons (Fsp3) is 0.273. The summed E-state index contributed by atoms with van der Waals surface area (Å²) in [6.45, 7) is 3.78. The van der Waals surface area contributed by atoms with Crippen molar-refractivity contribution < 1.29 is 24.2 Å². The summed E-state index contributed by atoms with van der Waals surface area (Å²) in [7, 11) is 0. The number of carboxylic acid groups (broad SMARTS) is 1. The normalized spacial score (nSPS) is 13.2. The summed E-state index contributed by atoms with van der Waals surface area (Å²) >= 11 is 0. The number of phenols is 1. The summed E-state index contributed by atoms with van der Waals surface area (Å²) in [6.07, 6.45) is 1.88. The lowest BCUT2D eigenvalue weighted by Crippen LogP contribution is -2.41.